The van der Waals surface area contributed by atoms with Gasteiger partial charge in [-0.3, -0.25) is 9.36 Å². The van der Waals surface area contributed by atoms with Crippen molar-refractivity contribution in [3.8, 4) is 0 Å². The van der Waals surface area contributed by atoms with Gasteiger partial charge in [-0.05, 0) is 42.3 Å². The minimum atomic E-state index is -3.54. The number of rotatable bonds is 5. The second kappa shape index (κ2) is 6.68. The van der Waals surface area contributed by atoms with E-state index in [-0.39, 0.29) is 11.0 Å². The Bertz CT molecular complexity index is 1010. The third-order valence-electron chi connectivity index (χ3n) is 4.19. The minimum absolute atomic E-state index is 0.0735. The van der Waals surface area contributed by atoms with Crippen molar-refractivity contribution in [1.29, 1.82) is 0 Å². The summed E-state index contributed by atoms with van der Waals surface area (Å²) >= 11 is 6.11. The van der Waals surface area contributed by atoms with Crippen LogP contribution in [-0.2, 0) is 15.5 Å². The highest BCUT2D eigenvalue weighted by Crippen LogP contribution is 2.47. The molecule has 1 aromatic heterocycles. The van der Waals surface area contributed by atoms with E-state index in [4.69, 9.17) is 21.9 Å². The average Bonchev–Trinajstić information content (AvgIpc) is 3.00. The highest BCUT2D eigenvalue weighted by Gasteiger charge is 2.35. The summed E-state index contributed by atoms with van der Waals surface area (Å²) in [5, 5.41) is 1.80. The van der Waals surface area contributed by atoms with Crippen LogP contribution in [0.5, 0.6) is 0 Å². The number of amides is 1. The number of hydrogen-bond acceptors (Lipinski definition) is 3. The van der Waals surface area contributed by atoms with Gasteiger partial charge in [0.25, 0.3) is 13.3 Å². The molecule has 2 aromatic carbocycles. The number of H-pyrrole nitrogens is 1. The molecule has 3 aromatic rings. The zero-order valence-corrected chi connectivity index (χ0v) is 15.5. The van der Waals surface area contributed by atoms with E-state index in [9.17, 15) is 9.36 Å². The molecule has 7 heteroatoms. The van der Waals surface area contributed by atoms with E-state index >= 15 is 0 Å². The fourth-order valence-electron chi connectivity index (χ4n) is 2.92. The molecule has 1 heterocycles. The number of benzene rings is 2. The number of aryl methyl sites for hydroxylation is 1. The number of fused-ring (bicyclic) bond motifs is 1. The smallest absolute Gasteiger partial charge is 0.266 e. The van der Waals surface area contributed by atoms with Crippen LogP contribution in [0.15, 0.2) is 42.5 Å². The fraction of sp³-hybridized carbons (Fsp3) is 0.167. The maximum atomic E-state index is 13.9. The summed E-state index contributed by atoms with van der Waals surface area (Å²) in [4.78, 5) is 14.9. The van der Waals surface area contributed by atoms with Gasteiger partial charge in [0.2, 0.25) is 0 Å². The molecule has 0 saturated heterocycles. The normalized spacial score (nSPS) is 13.7. The SMILES string of the molecule is CCc1cccc(P(=O)(OC)c2c(C(N)=O)[nH]c3ccc(Cl)cc23)c1. The molecule has 1 amide bonds. The lowest BCUT2D eigenvalue weighted by Gasteiger charge is -2.18. The van der Waals surface area contributed by atoms with Gasteiger partial charge in [-0.2, -0.15) is 0 Å². The number of carbonyl (C=O) groups is 1. The van der Waals surface area contributed by atoms with Crippen molar-refractivity contribution in [3.63, 3.8) is 0 Å². The first kappa shape index (κ1) is 17.7. The van der Waals surface area contributed by atoms with Gasteiger partial charge in [0.1, 0.15) is 5.69 Å². The standard InChI is InChI=1S/C18H18ClN2O3P/c1-3-11-5-4-6-13(9-11)25(23,24-2)17-14-10-12(19)7-8-15(14)21-16(17)18(20)22/h4-10,21H,3H2,1-2H3,(H2,20,22). The summed E-state index contributed by atoms with van der Waals surface area (Å²) < 4.78 is 19.4. The summed E-state index contributed by atoms with van der Waals surface area (Å²) in [7, 11) is -2.18. The second-order valence-electron chi connectivity index (χ2n) is 5.66. The van der Waals surface area contributed by atoms with Crippen molar-refractivity contribution < 1.29 is 13.9 Å². The Kier molecular flexibility index (Phi) is 4.74. The molecule has 0 radical (unpaired) electrons. The van der Waals surface area contributed by atoms with E-state index in [1.54, 1.807) is 24.3 Å². The Labute approximate surface area is 150 Å². The summed E-state index contributed by atoms with van der Waals surface area (Å²) in [6.45, 7) is 2.01. The first-order valence-electron chi connectivity index (χ1n) is 7.77. The number of primary amides is 1. The Hall–Kier alpha value is -2.07. The first-order chi connectivity index (χ1) is 11.9. The van der Waals surface area contributed by atoms with E-state index in [2.05, 4.69) is 4.98 Å². The summed E-state index contributed by atoms with van der Waals surface area (Å²) in [5.41, 5.74) is 7.24. The molecule has 1 atom stereocenters. The van der Waals surface area contributed by atoms with Crippen molar-refractivity contribution >= 4 is 46.4 Å². The lowest BCUT2D eigenvalue weighted by molar-refractivity contribution is 0.0997. The van der Waals surface area contributed by atoms with E-state index in [0.717, 1.165) is 12.0 Å². The molecular weight excluding hydrogens is 359 g/mol. The maximum absolute atomic E-state index is 13.9. The molecule has 0 fully saturated rings. The topological polar surface area (TPSA) is 85.2 Å². The maximum Gasteiger partial charge on any atom is 0.266 e. The fourth-order valence-corrected chi connectivity index (χ4v) is 5.32. The predicted octanol–water partition coefficient (Wildman–Crippen LogP) is 3.36. The van der Waals surface area contributed by atoms with Crippen LogP contribution in [0, 0.1) is 0 Å². The van der Waals surface area contributed by atoms with E-state index in [0.29, 0.717) is 21.2 Å². The molecule has 5 nitrogen and oxygen atoms in total. The van der Waals surface area contributed by atoms with Crippen LogP contribution in [0.25, 0.3) is 10.9 Å². The van der Waals surface area contributed by atoms with Crippen LogP contribution in [-0.4, -0.2) is 18.0 Å². The molecule has 0 aliphatic carbocycles. The number of aromatic nitrogens is 1. The number of nitrogens with two attached hydrogens (primary N) is 1. The summed E-state index contributed by atoms with van der Waals surface area (Å²) in [5.74, 6) is -0.703. The van der Waals surface area contributed by atoms with Gasteiger partial charge in [-0.15, -0.1) is 0 Å². The third-order valence-corrected chi connectivity index (χ3v) is 6.95. The summed E-state index contributed by atoms with van der Waals surface area (Å²) in [6.07, 6.45) is 0.792. The molecule has 1 unspecified atom stereocenters. The van der Waals surface area contributed by atoms with Crippen LogP contribution in [0.2, 0.25) is 5.02 Å². The Balaban J connectivity index is 2.37. The monoisotopic (exact) mass is 376 g/mol. The second-order valence-corrected chi connectivity index (χ2v) is 8.53. The largest absolute Gasteiger partial charge is 0.364 e. The molecule has 0 aliphatic rings. The lowest BCUT2D eigenvalue weighted by atomic mass is 10.2. The molecule has 130 valence electrons. The highest BCUT2D eigenvalue weighted by atomic mass is 35.5. The zero-order valence-electron chi connectivity index (χ0n) is 13.9. The van der Waals surface area contributed by atoms with Crippen molar-refractivity contribution in [1.82, 2.24) is 4.98 Å². The number of halogens is 1. The first-order valence-corrected chi connectivity index (χ1v) is 9.78. The highest BCUT2D eigenvalue weighted by molar-refractivity contribution is 7.75. The van der Waals surface area contributed by atoms with E-state index < -0.39 is 13.3 Å². The average molecular weight is 377 g/mol. The number of hydrogen-bond donors (Lipinski definition) is 2. The van der Waals surface area contributed by atoms with Crippen LogP contribution >= 0.6 is 19.0 Å². The molecule has 3 rings (SSSR count). The zero-order chi connectivity index (χ0) is 18.2. The van der Waals surface area contributed by atoms with Crippen molar-refractivity contribution in [3.05, 3.63) is 58.7 Å². The molecule has 0 spiro atoms. The van der Waals surface area contributed by atoms with Crippen molar-refractivity contribution in [2.45, 2.75) is 13.3 Å². The lowest BCUT2D eigenvalue weighted by Crippen LogP contribution is -2.26. The van der Waals surface area contributed by atoms with Gasteiger partial charge < -0.3 is 15.2 Å². The third kappa shape index (κ3) is 2.99. The van der Waals surface area contributed by atoms with Crippen LogP contribution < -0.4 is 16.3 Å². The van der Waals surface area contributed by atoms with Gasteiger partial charge in [-0.25, -0.2) is 0 Å². The number of nitrogens with one attached hydrogen (secondary N) is 1. The molecule has 0 bridgehead atoms. The van der Waals surface area contributed by atoms with Crippen molar-refractivity contribution in [2.75, 3.05) is 7.11 Å². The molecule has 0 aliphatic heterocycles. The van der Waals surface area contributed by atoms with Crippen molar-refractivity contribution in [2.24, 2.45) is 5.73 Å². The Morgan fingerprint density at radius 3 is 2.68 bits per heavy atom. The molecule has 3 N–H and O–H groups in total. The predicted molar refractivity (Wildman–Crippen MR) is 102 cm³/mol. The van der Waals surface area contributed by atoms with Crippen LogP contribution in [0.1, 0.15) is 23.0 Å². The van der Waals surface area contributed by atoms with E-state index in [1.165, 1.54) is 7.11 Å². The Morgan fingerprint density at radius 2 is 2.04 bits per heavy atom. The van der Waals surface area contributed by atoms with Gasteiger partial charge >= 0.3 is 0 Å². The van der Waals surface area contributed by atoms with Gasteiger partial charge in [0.15, 0.2) is 0 Å². The number of carbonyl (C=O) groups excluding carboxylic acids is 1. The summed E-state index contributed by atoms with van der Waals surface area (Å²) in [6, 6.07) is 12.4. The minimum Gasteiger partial charge on any atom is -0.364 e. The van der Waals surface area contributed by atoms with Crippen LogP contribution in [0.4, 0.5) is 0 Å². The molecular formula is C18H18ClN2O3P. The number of aromatic amines is 1. The van der Waals surface area contributed by atoms with Gasteiger partial charge in [-0.1, -0.05) is 30.7 Å². The van der Waals surface area contributed by atoms with E-state index in [1.807, 2.05) is 25.1 Å². The molecule has 0 saturated carbocycles. The molecule has 25 heavy (non-hydrogen) atoms. The van der Waals surface area contributed by atoms with Gasteiger partial charge in [0.05, 0.1) is 5.30 Å². The Morgan fingerprint density at radius 1 is 1.28 bits per heavy atom. The van der Waals surface area contributed by atoms with Crippen LogP contribution in [0.3, 0.4) is 0 Å². The quantitative estimate of drug-likeness (QED) is 0.669. The van der Waals surface area contributed by atoms with Gasteiger partial charge in [0, 0.05) is 28.3 Å².